The molecule has 152 valence electrons. The van der Waals surface area contributed by atoms with Crippen molar-refractivity contribution in [2.24, 2.45) is 4.99 Å². The molecule has 7 heteroatoms. The molecule has 2 aliphatic rings. The van der Waals surface area contributed by atoms with Crippen LogP contribution in [-0.4, -0.2) is 58.5 Å². The van der Waals surface area contributed by atoms with Gasteiger partial charge in [0.05, 0.1) is 0 Å². The van der Waals surface area contributed by atoms with Gasteiger partial charge in [0.1, 0.15) is 0 Å². The number of amides is 3. The van der Waals surface area contributed by atoms with Crippen LogP contribution in [-0.2, 0) is 11.2 Å². The molecule has 2 unspecified atom stereocenters. The third-order valence-electron chi connectivity index (χ3n) is 5.26. The summed E-state index contributed by atoms with van der Waals surface area (Å²) in [6.07, 6.45) is 6.30. The second kappa shape index (κ2) is 9.96. The molecule has 28 heavy (non-hydrogen) atoms. The van der Waals surface area contributed by atoms with Crippen LogP contribution in [0.1, 0.15) is 44.6 Å². The van der Waals surface area contributed by atoms with E-state index in [-0.39, 0.29) is 11.9 Å². The maximum absolute atomic E-state index is 12.6. The predicted molar refractivity (Wildman–Crippen MR) is 114 cm³/mol. The van der Waals surface area contributed by atoms with E-state index in [4.69, 9.17) is 4.99 Å². The Morgan fingerprint density at radius 2 is 1.89 bits per heavy atom. The van der Waals surface area contributed by atoms with Crippen molar-refractivity contribution in [3.05, 3.63) is 35.9 Å². The van der Waals surface area contributed by atoms with Crippen LogP contribution in [0.5, 0.6) is 0 Å². The maximum atomic E-state index is 12.6. The zero-order chi connectivity index (χ0) is 19.9. The Hall–Kier alpha value is -2.02. The van der Waals surface area contributed by atoms with Crippen molar-refractivity contribution in [1.29, 1.82) is 0 Å². The first-order valence-electron chi connectivity index (χ1n) is 10.2. The average Bonchev–Trinajstić information content (AvgIpc) is 3.06. The van der Waals surface area contributed by atoms with E-state index in [0.717, 1.165) is 36.7 Å². The number of hydrogen-bond acceptors (Lipinski definition) is 5. The topological polar surface area (TPSA) is 65.0 Å². The fourth-order valence-electron chi connectivity index (χ4n) is 3.65. The van der Waals surface area contributed by atoms with Gasteiger partial charge in [-0.25, -0.2) is 9.79 Å². The highest BCUT2D eigenvalue weighted by Gasteiger charge is 2.48. The average molecular weight is 403 g/mol. The van der Waals surface area contributed by atoms with Crippen LogP contribution in [0.4, 0.5) is 4.79 Å². The summed E-state index contributed by atoms with van der Waals surface area (Å²) in [4.78, 5) is 33.0. The smallest absolute Gasteiger partial charge is 0.325 e. The number of hydrogen-bond donors (Lipinski definition) is 1. The number of fused-ring (bicyclic) bond motifs is 1. The van der Waals surface area contributed by atoms with Gasteiger partial charge in [-0.15, -0.1) is 0 Å². The van der Waals surface area contributed by atoms with E-state index in [1.807, 2.05) is 6.07 Å². The number of aliphatic imine (C=N–C) groups is 1. The summed E-state index contributed by atoms with van der Waals surface area (Å²) in [5.41, 5.74) is 1.30. The first-order chi connectivity index (χ1) is 13.6. The second-order valence-corrected chi connectivity index (χ2v) is 8.43. The molecule has 1 N–H and O–H groups in total. The summed E-state index contributed by atoms with van der Waals surface area (Å²) < 4.78 is 0. The first-order valence-corrected chi connectivity index (χ1v) is 11.2. The monoisotopic (exact) mass is 402 g/mol. The molecule has 2 heterocycles. The molecule has 6 nitrogen and oxygen atoms in total. The van der Waals surface area contributed by atoms with E-state index < -0.39 is 12.2 Å². The molecule has 1 fully saturated rings. The molecule has 0 spiro atoms. The number of unbranched alkanes of at least 4 members (excludes halogenated alkanes) is 3. The molecule has 2 aliphatic heterocycles. The number of carbonyl (C=O) groups is 2. The van der Waals surface area contributed by atoms with E-state index in [1.165, 1.54) is 24.8 Å². The summed E-state index contributed by atoms with van der Waals surface area (Å²) in [5.74, 6) is 0.755. The lowest BCUT2D eigenvalue weighted by Gasteiger charge is -2.36. The van der Waals surface area contributed by atoms with Crippen molar-refractivity contribution in [3.8, 4) is 0 Å². The Kier molecular flexibility index (Phi) is 7.36. The number of likely N-dealkylation sites (N-methyl/N-ethyl adjacent to an activating group) is 1. The molecule has 1 aromatic carbocycles. The number of urea groups is 1. The first kappa shape index (κ1) is 20.7. The number of imide groups is 1. The number of nitrogens with zero attached hydrogens (tertiary/aromatic N) is 3. The lowest BCUT2D eigenvalue weighted by Crippen LogP contribution is -2.63. The molecular formula is C21H30N4O2S. The minimum absolute atomic E-state index is 0.238. The molecule has 1 saturated heterocycles. The Bertz CT molecular complexity index is 710. The van der Waals surface area contributed by atoms with Gasteiger partial charge in [-0.05, 0) is 24.8 Å². The minimum Gasteiger partial charge on any atom is -0.336 e. The van der Waals surface area contributed by atoms with Crippen LogP contribution in [0, 0.1) is 0 Å². The molecule has 2 atom stereocenters. The summed E-state index contributed by atoms with van der Waals surface area (Å²) in [6.45, 7) is 2.96. The van der Waals surface area contributed by atoms with E-state index in [1.54, 1.807) is 23.7 Å². The third kappa shape index (κ3) is 4.87. The van der Waals surface area contributed by atoms with Gasteiger partial charge < -0.3 is 9.80 Å². The van der Waals surface area contributed by atoms with E-state index >= 15 is 0 Å². The SMILES string of the molecule is CCCCCCSC1=NC2C(C(=O)NC(=O)N2C)N1CCCc1ccccc1. The number of carbonyl (C=O) groups excluding carboxylic acids is 2. The van der Waals surface area contributed by atoms with Crippen LogP contribution in [0.15, 0.2) is 35.3 Å². The van der Waals surface area contributed by atoms with Crippen molar-refractivity contribution in [2.75, 3.05) is 19.3 Å². The van der Waals surface area contributed by atoms with Crippen molar-refractivity contribution >= 4 is 28.9 Å². The molecule has 0 bridgehead atoms. The molecule has 0 radical (unpaired) electrons. The highest BCUT2D eigenvalue weighted by Crippen LogP contribution is 2.29. The summed E-state index contributed by atoms with van der Waals surface area (Å²) in [5, 5.41) is 3.37. The van der Waals surface area contributed by atoms with Gasteiger partial charge in [-0.2, -0.15) is 0 Å². The quantitative estimate of drug-likeness (QED) is 0.642. The van der Waals surface area contributed by atoms with Crippen LogP contribution in [0.2, 0.25) is 0 Å². The van der Waals surface area contributed by atoms with E-state index in [9.17, 15) is 9.59 Å². The number of thioether (sulfide) groups is 1. The Balaban J connectivity index is 1.65. The maximum Gasteiger partial charge on any atom is 0.325 e. The van der Waals surface area contributed by atoms with Gasteiger partial charge in [-0.3, -0.25) is 10.1 Å². The van der Waals surface area contributed by atoms with Crippen molar-refractivity contribution < 1.29 is 9.59 Å². The summed E-state index contributed by atoms with van der Waals surface area (Å²) >= 11 is 1.72. The Morgan fingerprint density at radius 3 is 2.64 bits per heavy atom. The normalized spacial score (nSPS) is 21.6. The van der Waals surface area contributed by atoms with Crippen LogP contribution >= 0.6 is 11.8 Å². The Morgan fingerprint density at radius 1 is 1.11 bits per heavy atom. The number of rotatable bonds is 9. The molecule has 3 rings (SSSR count). The second-order valence-electron chi connectivity index (χ2n) is 7.37. The number of nitrogens with one attached hydrogen (secondary N) is 1. The Labute approximate surface area is 171 Å². The highest BCUT2D eigenvalue weighted by atomic mass is 32.2. The fraction of sp³-hybridized carbons (Fsp3) is 0.571. The highest BCUT2D eigenvalue weighted by molar-refractivity contribution is 8.13. The van der Waals surface area contributed by atoms with Crippen LogP contribution in [0.3, 0.4) is 0 Å². The molecule has 1 aromatic rings. The van der Waals surface area contributed by atoms with Gasteiger partial charge in [0.2, 0.25) is 0 Å². The van der Waals surface area contributed by atoms with Crippen LogP contribution in [0.25, 0.3) is 0 Å². The zero-order valence-corrected chi connectivity index (χ0v) is 17.6. The number of benzene rings is 1. The van der Waals surface area contributed by atoms with Gasteiger partial charge in [0.25, 0.3) is 5.91 Å². The fourth-order valence-corrected chi connectivity index (χ4v) is 4.73. The largest absolute Gasteiger partial charge is 0.336 e. The standard InChI is InChI=1S/C21H30N4O2S/c1-3-4-5-9-15-28-21-22-18-17(19(26)23-20(27)24(18)2)25(21)14-10-13-16-11-7-6-8-12-16/h6-8,11-12,17-18H,3-5,9-10,13-15H2,1-2H3,(H,23,26,27). The van der Waals surface area contributed by atoms with Gasteiger partial charge in [0.15, 0.2) is 17.4 Å². The molecule has 0 aromatic heterocycles. The van der Waals surface area contributed by atoms with Gasteiger partial charge in [0, 0.05) is 19.3 Å². The molecule has 3 amide bonds. The van der Waals surface area contributed by atoms with E-state index in [2.05, 4.69) is 41.4 Å². The summed E-state index contributed by atoms with van der Waals surface area (Å²) in [6, 6.07) is 9.59. The minimum atomic E-state index is -0.420. The van der Waals surface area contributed by atoms with Crippen LogP contribution < -0.4 is 5.32 Å². The zero-order valence-electron chi connectivity index (χ0n) is 16.8. The van der Waals surface area contributed by atoms with Gasteiger partial charge in [-0.1, -0.05) is 68.3 Å². The lowest BCUT2D eigenvalue weighted by atomic mass is 10.1. The molecular weight excluding hydrogens is 372 g/mol. The van der Waals surface area contributed by atoms with Crippen molar-refractivity contribution in [3.63, 3.8) is 0 Å². The van der Waals surface area contributed by atoms with Crippen molar-refractivity contribution in [1.82, 2.24) is 15.1 Å². The molecule has 0 saturated carbocycles. The van der Waals surface area contributed by atoms with Crippen molar-refractivity contribution in [2.45, 2.75) is 57.7 Å². The summed E-state index contributed by atoms with van der Waals surface area (Å²) in [7, 11) is 1.71. The number of amidine groups is 1. The predicted octanol–water partition coefficient (Wildman–Crippen LogP) is 3.48. The number of aryl methyl sites for hydroxylation is 1. The van der Waals surface area contributed by atoms with Gasteiger partial charge >= 0.3 is 6.03 Å². The van der Waals surface area contributed by atoms with E-state index in [0.29, 0.717) is 0 Å². The lowest BCUT2D eigenvalue weighted by molar-refractivity contribution is -0.127. The third-order valence-corrected chi connectivity index (χ3v) is 6.35. The molecule has 0 aliphatic carbocycles.